The van der Waals surface area contributed by atoms with E-state index in [9.17, 15) is 0 Å². The van der Waals surface area contributed by atoms with Gasteiger partial charge in [0.05, 0.1) is 6.04 Å². The summed E-state index contributed by atoms with van der Waals surface area (Å²) < 4.78 is 0. The lowest BCUT2D eigenvalue weighted by Gasteiger charge is -2.12. The van der Waals surface area contributed by atoms with Crippen LogP contribution in [-0.4, -0.2) is 4.98 Å². The lowest BCUT2D eigenvalue weighted by Crippen LogP contribution is -2.05. The maximum Gasteiger partial charge on any atom is 0.183 e. The molecule has 0 spiro atoms. The highest BCUT2D eigenvalue weighted by molar-refractivity contribution is 7.13. The maximum atomic E-state index is 4.19. The molecule has 0 radical (unpaired) electrons. The van der Waals surface area contributed by atoms with Gasteiger partial charge in [0.1, 0.15) is 0 Å². The van der Waals surface area contributed by atoms with E-state index in [0.29, 0.717) is 6.04 Å². The third kappa shape index (κ3) is 2.12. The Hall–Kier alpha value is -1.35. The second kappa shape index (κ2) is 4.24. The van der Waals surface area contributed by atoms with Gasteiger partial charge in [0.25, 0.3) is 0 Å². The van der Waals surface area contributed by atoms with Crippen molar-refractivity contribution in [1.29, 1.82) is 0 Å². The molecule has 1 heterocycles. The third-order valence-electron chi connectivity index (χ3n) is 2.07. The van der Waals surface area contributed by atoms with Crippen molar-refractivity contribution in [3.05, 3.63) is 47.5 Å². The minimum Gasteiger partial charge on any atom is -0.355 e. The largest absolute Gasteiger partial charge is 0.355 e. The van der Waals surface area contributed by atoms with Gasteiger partial charge in [0, 0.05) is 11.6 Å². The standard InChI is InChI=1S/C11H12N2S/c1-9(10-5-3-2-4-6-10)13-11-12-7-8-14-11/h2-9H,1H3,(H,12,13)/t9-/m0/s1. The monoisotopic (exact) mass is 204 g/mol. The first-order valence-electron chi connectivity index (χ1n) is 4.57. The second-order valence-electron chi connectivity index (χ2n) is 3.11. The highest BCUT2D eigenvalue weighted by Gasteiger charge is 2.04. The van der Waals surface area contributed by atoms with E-state index in [2.05, 4.69) is 41.5 Å². The number of benzene rings is 1. The van der Waals surface area contributed by atoms with Crippen LogP contribution in [-0.2, 0) is 0 Å². The molecule has 72 valence electrons. The van der Waals surface area contributed by atoms with Crippen molar-refractivity contribution in [1.82, 2.24) is 4.98 Å². The number of hydrogen-bond acceptors (Lipinski definition) is 3. The fraction of sp³-hybridized carbons (Fsp3) is 0.182. The molecule has 1 atom stereocenters. The van der Waals surface area contributed by atoms with Crippen molar-refractivity contribution in [2.45, 2.75) is 13.0 Å². The zero-order valence-corrected chi connectivity index (χ0v) is 8.79. The van der Waals surface area contributed by atoms with Gasteiger partial charge in [-0.1, -0.05) is 30.3 Å². The van der Waals surface area contributed by atoms with Crippen LogP contribution in [0.3, 0.4) is 0 Å². The summed E-state index contributed by atoms with van der Waals surface area (Å²) >= 11 is 1.62. The van der Waals surface area contributed by atoms with Crippen LogP contribution in [0.15, 0.2) is 41.9 Å². The number of hydrogen-bond donors (Lipinski definition) is 1. The molecule has 0 aliphatic heterocycles. The zero-order valence-electron chi connectivity index (χ0n) is 7.97. The number of thiazole rings is 1. The van der Waals surface area contributed by atoms with Crippen LogP contribution in [0, 0.1) is 0 Å². The number of rotatable bonds is 3. The molecular weight excluding hydrogens is 192 g/mol. The van der Waals surface area contributed by atoms with Crippen molar-refractivity contribution in [2.75, 3.05) is 5.32 Å². The molecule has 1 aromatic heterocycles. The molecule has 14 heavy (non-hydrogen) atoms. The molecule has 1 N–H and O–H groups in total. The van der Waals surface area contributed by atoms with Gasteiger partial charge in [-0.05, 0) is 12.5 Å². The van der Waals surface area contributed by atoms with Gasteiger partial charge in [-0.3, -0.25) is 0 Å². The summed E-state index contributed by atoms with van der Waals surface area (Å²) in [5.74, 6) is 0. The summed E-state index contributed by atoms with van der Waals surface area (Å²) in [6.45, 7) is 2.14. The molecule has 0 fully saturated rings. The van der Waals surface area contributed by atoms with E-state index in [0.717, 1.165) is 5.13 Å². The highest BCUT2D eigenvalue weighted by Crippen LogP contribution is 2.19. The summed E-state index contributed by atoms with van der Waals surface area (Å²) in [6.07, 6.45) is 1.81. The van der Waals surface area contributed by atoms with Gasteiger partial charge >= 0.3 is 0 Å². The predicted molar refractivity (Wildman–Crippen MR) is 60.6 cm³/mol. The predicted octanol–water partition coefficient (Wildman–Crippen LogP) is 3.32. The Morgan fingerprint density at radius 3 is 2.71 bits per heavy atom. The Labute approximate surface area is 87.6 Å². The van der Waals surface area contributed by atoms with Crippen LogP contribution in [0.4, 0.5) is 5.13 Å². The van der Waals surface area contributed by atoms with Gasteiger partial charge in [-0.15, -0.1) is 11.3 Å². The van der Waals surface area contributed by atoms with E-state index in [-0.39, 0.29) is 0 Å². The highest BCUT2D eigenvalue weighted by atomic mass is 32.1. The van der Waals surface area contributed by atoms with Crippen molar-refractivity contribution in [3.8, 4) is 0 Å². The average molecular weight is 204 g/mol. The van der Waals surface area contributed by atoms with E-state index in [1.54, 1.807) is 11.3 Å². The summed E-state index contributed by atoms with van der Waals surface area (Å²) in [4.78, 5) is 4.19. The van der Waals surface area contributed by atoms with Crippen LogP contribution < -0.4 is 5.32 Å². The fourth-order valence-electron chi connectivity index (χ4n) is 1.30. The smallest absolute Gasteiger partial charge is 0.183 e. The van der Waals surface area contributed by atoms with Gasteiger partial charge < -0.3 is 5.32 Å². The summed E-state index contributed by atoms with van der Waals surface area (Å²) in [5, 5.41) is 6.29. The SMILES string of the molecule is C[C@H](Nc1nccs1)c1ccccc1. The van der Waals surface area contributed by atoms with Crippen LogP contribution in [0.25, 0.3) is 0 Å². The minimum atomic E-state index is 0.308. The van der Waals surface area contributed by atoms with E-state index < -0.39 is 0 Å². The molecule has 2 nitrogen and oxygen atoms in total. The van der Waals surface area contributed by atoms with Crippen molar-refractivity contribution >= 4 is 16.5 Å². The number of aromatic nitrogens is 1. The fourth-order valence-corrected chi connectivity index (χ4v) is 1.92. The summed E-state index contributed by atoms with van der Waals surface area (Å²) in [7, 11) is 0. The van der Waals surface area contributed by atoms with Crippen molar-refractivity contribution in [3.63, 3.8) is 0 Å². The van der Waals surface area contributed by atoms with Gasteiger partial charge in [-0.2, -0.15) is 0 Å². The minimum absolute atomic E-state index is 0.308. The molecule has 0 amide bonds. The summed E-state index contributed by atoms with van der Waals surface area (Å²) in [6, 6.07) is 10.7. The molecule has 0 saturated carbocycles. The number of nitrogens with one attached hydrogen (secondary N) is 1. The van der Waals surface area contributed by atoms with Gasteiger partial charge in [0.15, 0.2) is 5.13 Å². The lowest BCUT2D eigenvalue weighted by atomic mass is 10.1. The lowest BCUT2D eigenvalue weighted by molar-refractivity contribution is 0.882. The second-order valence-corrected chi connectivity index (χ2v) is 4.01. The van der Waals surface area contributed by atoms with E-state index >= 15 is 0 Å². The molecule has 1 aromatic carbocycles. The molecule has 0 bridgehead atoms. The van der Waals surface area contributed by atoms with Crippen molar-refractivity contribution < 1.29 is 0 Å². The first-order valence-corrected chi connectivity index (χ1v) is 5.45. The molecule has 3 heteroatoms. The van der Waals surface area contributed by atoms with E-state index in [1.807, 2.05) is 17.6 Å². The summed E-state index contributed by atoms with van der Waals surface area (Å²) in [5.41, 5.74) is 1.28. The van der Waals surface area contributed by atoms with E-state index in [1.165, 1.54) is 5.56 Å². The molecule has 0 aliphatic rings. The van der Waals surface area contributed by atoms with Gasteiger partial charge in [0.2, 0.25) is 0 Å². The Morgan fingerprint density at radius 2 is 2.07 bits per heavy atom. The number of nitrogens with zero attached hydrogens (tertiary/aromatic N) is 1. The Bertz CT molecular complexity index is 369. The Kier molecular flexibility index (Phi) is 2.79. The first-order chi connectivity index (χ1) is 6.86. The first kappa shape index (κ1) is 9.21. The Morgan fingerprint density at radius 1 is 1.29 bits per heavy atom. The van der Waals surface area contributed by atoms with Crippen molar-refractivity contribution in [2.24, 2.45) is 0 Å². The number of anilines is 1. The average Bonchev–Trinajstić information content (AvgIpc) is 2.72. The van der Waals surface area contributed by atoms with Crippen LogP contribution >= 0.6 is 11.3 Å². The van der Waals surface area contributed by atoms with Crippen LogP contribution in [0.5, 0.6) is 0 Å². The molecular formula is C11H12N2S. The quantitative estimate of drug-likeness (QED) is 0.829. The van der Waals surface area contributed by atoms with Crippen LogP contribution in [0.1, 0.15) is 18.5 Å². The Balaban J connectivity index is 2.07. The third-order valence-corrected chi connectivity index (χ3v) is 2.78. The van der Waals surface area contributed by atoms with E-state index in [4.69, 9.17) is 0 Å². The molecule has 0 aliphatic carbocycles. The zero-order chi connectivity index (χ0) is 9.80. The molecule has 2 rings (SSSR count). The topological polar surface area (TPSA) is 24.9 Å². The maximum absolute atomic E-state index is 4.19. The van der Waals surface area contributed by atoms with Crippen LogP contribution in [0.2, 0.25) is 0 Å². The normalized spacial score (nSPS) is 12.4. The molecule has 2 aromatic rings. The van der Waals surface area contributed by atoms with Gasteiger partial charge in [-0.25, -0.2) is 4.98 Å². The molecule has 0 saturated heterocycles. The molecule has 0 unspecified atom stereocenters.